The Bertz CT molecular complexity index is 4950. The summed E-state index contributed by atoms with van der Waals surface area (Å²) in [7, 11) is 0. The van der Waals surface area contributed by atoms with Crippen molar-refractivity contribution in [3.8, 4) is 73.5 Å². The van der Waals surface area contributed by atoms with Gasteiger partial charge in [0.2, 0.25) is 11.6 Å². The SMILES string of the molecule is Fc1c(F)c(F)c(-c2nc(-c3ccc(-n4c5ccc(-n6c7ccccc7c7ccc(-c8ccccc8)cc76)cc5c5cc(-n6c7ccccc7c7ccc(-c8ccccc8)cc76)ccc54)cc3)nc(-c3c(F)c(F)c(F)c(F)c3F)n2)c(F)c1F. The highest BCUT2D eigenvalue weighted by Gasteiger charge is 2.33. The Morgan fingerprint density at radius 3 is 0.953 bits per heavy atom. The molecule has 0 spiro atoms. The molecule has 15 rings (SSSR count). The van der Waals surface area contributed by atoms with E-state index in [1.54, 1.807) is 12.1 Å². The van der Waals surface area contributed by atoms with Crippen LogP contribution in [0.5, 0.6) is 0 Å². The van der Waals surface area contributed by atoms with Gasteiger partial charge in [-0.3, -0.25) is 0 Å². The largest absolute Gasteiger partial charge is 0.309 e. The van der Waals surface area contributed by atoms with Gasteiger partial charge in [0.1, 0.15) is 0 Å². The van der Waals surface area contributed by atoms with Crippen LogP contribution in [0.4, 0.5) is 43.9 Å². The monoisotopic (exact) mass is 1140 g/mol. The van der Waals surface area contributed by atoms with Crippen molar-refractivity contribution < 1.29 is 43.9 Å². The molecule has 85 heavy (non-hydrogen) atoms. The second kappa shape index (κ2) is 19.4. The van der Waals surface area contributed by atoms with Gasteiger partial charge < -0.3 is 13.7 Å². The van der Waals surface area contributed by atoms with E-state index in [-0.39, 0.29) is 5.56 Å². The molecule has 0 aliphatic carbocycles. The average molecular weight is 1140 g/mol. The number of para-hydroxylation sites is 2. The van der Waals surface area contributed by atoms with Gasteiger partial charge in [-0.05, 0) is 107 Å². The maximum Gasteiger partial charge on any atom is 0.200 e. The number of halogens is 10. The van der Waals surface area contributed by atoms with Crippen LogP contribution in [0.3, 0.4) is 0 Å². The molecule has 0 fully saturated rings. The van der Waals surface area contributed by atoms with E-state index in [0.717, 1.165) is 99.0 Å². The van der Waals surface area contributed by atoms with Gasteiger partial charge in [0.05, 0.1) is 44.2 Å². The molecule has 410 valence electrons. The zero-order valence-electron chi connectivity index (χ0n) is 43.6. The fourth-order valence-electron chi connectivity index (χ4n) is 11.8. The number of rotatable bonds is 8. The summed E-state index contributed by atoms with van der Waals surface area (Å²) in [6.07, 6.45) is 0. The molecule has 15 aromatic rings. The standard InChI is InChI=1S/C69H34F10N6/c70-57-55(58(71)62(75)65(78)61(57)74)68-80-67(81-69(82-68)56-59(72)63(76)66(79)64(77)60(56)73)37-19-23-40(24-20-37)83-51-29-25-41(84-49-17-9-7-15-43(49)45-27-21-38(31-53(45)84)35-11-3-1-4-12-35)33-47(51)48-34-42(26-30-52(48)83)85-50-18-10-8-16-44(50)46-28-22-39(32-54(46)85)36-13-5-2-6-14-36/h1-34H. The summed E-state index contributed by atoms with van der Waals surface area (Å²) in [5, 5.41) is 5.90. The quantitative estimate of drug-likeness (QED) is 0.0865. The smallest absolute Gasteiger partial charge is 0.200 e. The van der Waals surface area contributed by atoms with Gasteiger partial charge in [-0.15, -0.1) is 0 Å². The molecular weight excluding hydrogens is 1100 g/mol. The number of hydrogen-bond donors (Lipinski definition) is 0. The lowest BCUT2D eigenvalue weighted by atomic mass is 10.0. The number of fused-ring (bicyclic) bond motifs is 9. The highest BCUT2D eigenvalue weighted by molar-refractivity contribution is 6.14. The van der Waals surface area contributed by atoms with Crippen molar-refractivity contribution in [2.24, 2.45) is 0 Å². The van der Waals surface area contributed by atoms with Crippen LogP contribution in [-0.4, -0.2) is 28.7 Å². The third kappa shape index (κ3) is 7.85. The third-order valence-electron chi connectivity index (χ3n) is 15.7. The lowest BCUT2D eigenvalue weighted by Crippen LogP contribution is -2.10. The second-order valence-corrected chi connectivity index (χ2v) is 20.4. The summed E-state index contributed by atoms with van der Waals surface area (Å²) in [6.45, 7) is 0. The van der Waals surface area contributed by atoms with Gasteiger partial charge in [0.25, 0.3) is 0 Å². The van der Waals surface area contributed by atoms with Crippen LogP contribution in [-0.2, 0) is 0 Å². The molecule has 0 N–H and O–H groups in total. The first-order valence-corrected chi connectivity index (χ1v) is 26.5. The van der Waals surface area contributed by atoms with Crippen LogP contribution in [0.15, 0.2) is 206 Å². The fourth-order valence-corrected chi connectivity index (χ4v) is 11.8. The molecule has 4 aromatic heterocycles. The number of nitrogens with zero attached hydrogens (tertiary/aromatic N) is 6. The minimum absolute atomic E-state index is 0.0887. The summed E-state index contributed by atoms with van der Waals surface area (Å²) in [4.78, 5) is 11.5. The predicted octanol–water partition coefficient (Wildman–Crippen LogP) is 18.9. The van der Waals surface area contributed by atoms with Gasteiger partial charge in [0, 0.05) is 54.9 Å². The number of aromatic nitrogens is 6. The molecule has 0 radical (unpaired) electrons. The summed E-state index contributed by atoms with van der Waals surface area (Å²) >= 11 is 0. The van der Waals surface area contributed by atoms with E-state index in [4.69, 9.17) is 0 Å². The first kappa shape index (κ1) is 51.0. The molecule has 0 atom stereocenters. The molecule has 11 aromatic carbocycles. The lowest BCUT2D eigenvalue weighted by Gasteiger charge is -2.13. The van der Waals surface area contributed by atoms with Crippen LogP contribution in [0.1, 0.15) is 0 Å². The maximum atomic E-state index is 15.5. The molecule has 6 nitrogen and oxygen atoms in total. The van der Waals surface area contributed by atoms with Crippen molar-refractivity contribution >= 4 is 65.4 Å². The zero-order valence-corrected chi connectivity index (χ0v) is 43.6. The van der Waals surface area contributed by atoms with Crippen molar-refractivity contribution in [1.29, 1.82) is 0 Å². The summed E-state index contributed by atoms with van der Waals surface area (Å²) in [6, 6.07) is 67.9. The van der Waals surface area contributed by atoms with E-state index in [2.05, 4.69) is 121 Å². The van der Waals surface area contributed by atoms with Gasteiger partial charge in [-0.1, -0.05) is 121 Å². The summed E-state index contributed by atoms with van der Waals surface area (Å²) < 4.78 is 156. The Morgan fingerprint density at radius 1 is 0.212 bits per heavy atom. The molecule has 0 saturated carbocycles. The molecule has 0 saturated heterocycles. The van der Waals surface area contributed by atoms with Crippen LogP contribution in [0, 0.1) is 58.2 Å². The minimum Gasteiger partial charge on any atom is -0.309 e. The normalized spacial score (nSPS) is 11.9. The van der Waals surface area contributed by atoms with E-state index in [1.165, 1.54) is 12.1 Å². The number of benzene rings is 11. The van der Waals surface area contributed by atoms with Gasteiger partial charge in [-0.25, -0.2) is 58.9 Å². The summed E-state index contributed by atoms with van der Waals surface area (Å²) in [5.41, 5.74) is 8.22. The van der Waals surface area contributed by atoms with Gasteiger partial charge in [0.15, 0.2) is 64.0 Å². The van der Waals surface area contributed by atoms with Crippen molar-refractivity contribution in [3.63, 3.8) is 0 Å². The molecule has 0 amide bonds. The highest BCUT2D eigenvalue weighted by atomic mass is 19.2. The van der Waals surface area contributed by atoms with E-state index in [9.17, 15) is 26.3 Å². The Balaban J connectivity index is 0.951. The molecular formula is C69H34F10N6. The van der Waals surface area contributed by atoms with Crippen LogP contribution in [0.25, 0.3) is 139 Å². The molecule has 4 heterocycles. The van der Waals surface area contributed by atoms with Crippen molar-refractivity contribution in [2.75, 3.05) is 0 Å². The molecule has 0 bridgehead atoms. The third-order valence-corrected chi connectivity index (χ3v) is 15.7. The Hall–Kier alpha value is -10.9. The molecule has 0 aliphatic rings. The minimum atomic E-state index is -2.53. The lowest BCUT2D eigenvalue weighted by molar-refractivity contribution is 0.380. The highest BCUT2D eigenvalue weighted by Crippen LogP contribution is 2.42. The van der Waals surface area contributed by atoms with E-state index < -0.39 is 86.8 Å². The predicted molar refractivity (Wildman–Crippen MR) is 310 cm³/mol. The fraction of sp³-hybridized carbons (Fsp3) is 0. The molecule has 16 heteroatoms. The van der Waals surface area contributed by atoms with Crippen molar-refractivity contribution in [2.45, 2.75) is 0 Å². The topological polar surface area (TPSA) is 53.5 Å². The van der Waals surface area contributed by atoms with Crippen molar-refractivity contribution in [1.82, 2.24) is 28.7 Å². The van der Waals surface area contributed by atoms with Crippen LogP contribution < -0.4 is 0 Å². The van der Waals surface area contributed by atoms with Gasteiger partial charge >= 0.3 is 0 Å². The van der Waals surface area contributed by atoms with E-state index >= 15 is 17.6 Å². The van der Waals surface area contributed by atoms with E-state index in [1.807, 2.05) is 89.5 Å². The Kier molecular flexibility index (Phi) is 11.6. The molecule has 0 aliphatic heterocycles. The first-order valence-electron chi connectivity index (χ1n) is 26.5. The Morgan fingerprint density at radius 2 is 0.529 bits per heavy atom. The van der Waals surface area contributed by atoms with Crippen molar-refractivity contribution in [3.05, 3.63) is 264 Å². The average Bonchev–Trinajstić information content (AvgIpc) is 1.86. The first-order chi connectivity index (χ1) is 41.3. The zero-order chi connectivity index (χ0) is 58.1. The second-order valence-electron chi connectivity index (χ2n) is 20.4. The van der Waals surface area contributed by atoms with Crippen LogP contribution >= 0.6 is 0 Å². The van der Waals surface area contributed by atoms with E-state index in [0.29, 0.717) is 5.69 Å². The number of hydrogen-bond acceptors (Lipinski definition) is 3. The molecule has 0 unspecified atom stereocenters. The summed E-state index contributed by atoms with van der Waals surface area (Å²) in [5.74, 6) is -27.9. The maximum absolute atomic E-state index is 15.5. The Labute approximate surface area is 474 Å². The van der Waals surface area contributed by atoms with Crippen LogP contribution in [0.2, 0.25) is 0 Å². The van der Waals surface area contributed by atoms with Gasteiger partial charge in [-0.2, -0.15) is 0 Å².